The number of benzene rings is 2. The van der Waals surface area contributed by atoms with Gasteiger partial charge >= 0.3 is 0 Å². The highest BCUT2D eigenvalue weighted by molar-refractivity contribution is 6.31. The lowest BCUT2D eigenvalue weighted by Gasteiger charge is -2.09. The third-order valence-corrected chi connectivity index (χ3v) is 2.87. The summed E-state index contributed by atoms with van der Waals surface area (Å²) in [5, 5.41) is 2.73. The van der Waals surface area contributed by atoms with E-state index in [0.29, 0.717) is 5.56 Å². The first kappa shape index (κ1) is 13.7. The van der Waals surface area contributed by atoms with Crippen molar-refractivity contribution < 1.29 is 17.6 Å². The van der Waals surface area contributed by atoms with Gasteiger partial charge in [0.25, 0.3) is 0 Å². The van der Waals surface area contributed by atoms with Crippen molar-refractivity contribution in [3.63, 3.8) is 0 Å². The molecule has 2 aromatic rings. The second kappa shape index (κ2) is 5.48. The first-order chi connectivity index (χ1) is 8.99. The van der Waals surface area contributed by atoms with E-state index in [1.165, 1.54) is 12.1 Å². The Morgan fingerprint density at radius 3 is 2.37 bits per heavy atom. The van der Waals surface area contributed by atoms with Crippen molar-refractivity contribution in [2.24, 2.45) is 0 Å². The molecule has 0 aliphatic rings. The van der Waals surface area contributed by atoms with Crippen LogP contribution in [0.25, 0.3) is 0 Å². The molecule has 2 aromatic carbocycles. The molecule has 0 aromatic heterocycles. The molecule has 0 fully saturated rings. The number of halogens is 5. The maximum atomic E-state index is 13.4. The molecule has 0 unspecified atom stereocenters. The van der Waals surface area contributed by atoms with Crippen LogP contribution < -0.4 is 5.32 Å². The average Bonchev–Trinajstić information content (AvgIpc) is 2.37. The smallest absolute Gasteiger partial charge is 0.196 e. The van der Waals surface area contributed by atoms with E-state index in [2.05, 4.69) is 5.32 Å². The largest absolute Gasteiger partial charge is 0.378 e. The molecular weight excluding hydrogens is 282 g/mol. The third kappa shape index (κ3) is 2.98. The van der Waals surface area contributed by atoms with Crippen LogP contribution in [0.2, 0.25) is 5.02 Å². The van der Waals surface area contributed by atoms with E-state index in [4.69, 9.17) is 11.6 Å². The standard InChI is InChI=1S/C13H8ClF4N/c14-9-5-8(15)2-1-7(9)6-19-11-4-3-10(16)12(17)13(11)18/h1-5,19H,6H2. The third-order valence-electron chi connectivity index (χ3n) is 2.52. The van der Waals surface area contributed by atoms with Gasteiger partial charge in [-0.25, -0.2) is 17.6 Å². The SMILES string of the molecule is Fc1ccc(CNc2ccc(F)c(F)c2F)c(Cl)c1. The number of anilines is 1. The second-order valence-corrected chi connectivity index (χ2v) is 4.22. The first-order valence-electron chi connectivity index (χ1n) is 5.30. The summed E-state index contributed by atoms with van der Waals surface area (Å²) >= 11 is 5.78. The highest BCUT2D eigenvalue weighted by Gasteiger charge is 2.13. The van der Waals surface area contributed by atoms with E-state index in [0.717, 1.165) is 18.2 Å². The van der Waals surface area contributed by atoms with E-state index in [9.17, 15) is 17.6 Å². The van der Waals surface area contributed by atoms with Gasteiger partial charge in [-0.1, -0.05) is 17.7 Å². The van der Waals surface area contributed by atoms with Crippen molar-refractivity contribution in [1.82, 2.24) is 0 Å². The van der Waals surface area contributed by atoms with E-state index in [1.807, 2.05) is 0 Å². The Hall–Kier alpha value is -1.75. The minimum Gasteiger partial charge on any atom is -0.378 e. The van der Waals surface area contributed by atoms with Gasteiger partial charge in [-0.05, 0) is 29.8 Å². The Morgan fingerprint density at radius 1 is 0.947 bits per heavy atom. The molecule has 0 aliphatic carbocycles. The number of hydrogen-bond acceptors (Lipinski definition) is 1. The van der Waals surface area contributed by atoms with Gasteiger partial charge in [0.2, 0.25) is 0 Å². The number of hydrogen-bond donors (Lipinski definition) is 1. The summed E-state index contributed by atoms with van der Waals surface area (Å²) in [5.41, 5.74) is 0.312. The van der Waals surface area contributed by atoms with Gasteiger partial charge < -0.3 is 5.32 Å². The Bertz CT molecular complexity index is 616. The topological polar surface area (TPSA) is 12.0 Å². The summed E-state index contributed by atoms with van der Waals surface area (Å²) in [6, 6.07) is 5.62. The monoisotopic (exact) mass is 289 g/mol. The molecule has 100 valence electrons. The molecule has 0 heterocycles. The van der Waals surface area contributed by atoms with Crippen molar-refractivity contribution in [3.8, 4) is 0 Å². The summed E-state index contributed by atoms with van der Waals surface area (Å²) in [6.45, 7) is 0.0567. The van der Waals surface area contributed by atoms with Crippen LogP contribution in [0.4, 0.5) is 23.2 Å². The van der Waals surface area contributed by atoms with Gasteiger partial charge in [-0.15, -0.1) is 0 Å². The molecule has 0 radical (unpaired) electrons. The van der Waals surface area contributed by atoms with Gasteiger partial charge in [0.05, 0.1) is 5.69 Å². The zero-order valence-electron chi connectivity index (χ0n) is 9.48. The molecule has 1 nitrogen and oxygen atoms in total. The highest BCUT2D eigenvalue weighted by atomic mass is 35.5. The van der Waals surface area contributed by atoms with Gasteiger partial charge in [-0.2, -0.15) is 0 Å². The van der Waals surface area contributed by atoms with E-state index in [-0.39, 0.29) is 17.3 Å². The zero-order valence-corrected chi connectivity index (χ0v) is 10.2. The Labute approximate surface area is 111 Å². The van der Waals surface area contributed by atoms with Crippen LogP contribution in [0.5, 0.6) is 0 Å². The van der Waals surface area contributed by atoms with Crippen LogP contribution in [0.3, 0.4) is 0 Å². The molecule has 0 amide bonds. The Morgan fingerprint density at radius 2 is 1.68 bits per heavy atom. The van der Waals surface area contributed by atoms with E-state index >= 15 is 0 Å². The lowest BCUT2D eigenvalue weighted by molar-refractivity contribution is 0.449. The maximum Gasteiger partial charge on any atom is 0.196 e. The number of nitrogens with one attached hydrogen (secondary N) is 1. The van der Waals surface area contributed by atoms with Gasteiger partial charge in [0.15, 0.2) is 17.5 Å². The molecular formula is C13H8ClF4N. The molecule has 0 saturated carbocycles. The predicted octanol–water partition coefficient (Wildman–Crippen LogP) is 4.51. The highest BCUT2D eigenvalue weighted by Crippen LogP contribution is 2.22. The fraction of sp³-hybridized carbons (Fsp3) is 0.0769. The summed E-state index contributed by atoms with van der Waals surface area (Å²) in [6.07, 6.45) is 0. The minimum absolute atomic E-state index is 0.0567. The molecule has 0 bridgehead atoms. The van der Waals surface area contributed by atoms with Gasteiger partial charge in [0, 0.05) is 11.6 Å². The Kier molecular flexibility index (Phi) is 3.95. The number of rotatable bonds is 3. The summed E-state index contributed by atoms with van der Waals surface area (Å²) in [4.78, 5) is 0. The van der Waals surface area contributed by atoms with Crippen LogP contribution >= 0.6 is 11.6 Å². The van der Waals surface area contributed by atoms with E-state index in [1.54, 1.807) is 0 Å². The van der Waals surface area contributed by atoms with Crippen LogP contribution in [-0.4, -0.2) is 0 Å². The molecule has 0 aliphatic heterocycles. The van der Waals surface area contributed by atoms with Crippen LogP contribution in [0.15, 0.2) is 30.3 Å². The fourth-order valence-corrected chi connectivity index (χ4v) is 1.75. The molecule has 19 heavy (non-hydrogen) atoms. The van der Waals surface area contributed by atoms with Crippen molar-refractivity contribution >= 4 is 17.3 Å². The predicted molar refractivity (Wildman–Crippen MR) is 65.1 cm³/mol. The summed E-state index contributed by atoms with van der Waals surface area (Å²) in [5.74, 6) is -4.61. The van der Waals surface area contributed by atoms with Crippen LogP contribution in [-0.2, 0) is 6.54 Å². The molecule has 2 rings (SSSR count). The lowest BCUT2D eigenvalue weighted by atomic mass is 10.2. The minimum atomic E-state index is -1.55. The molecule has 6 heteroatoms. The molecule has 0 spiro atoms. The quantitative estimate of drug-likeness (QED) is 0.647. The normalized spacial score (nSPS) is 10.6. The van der Waals surface area contributed by atoms with Crippen molar-refractivity contribution in [3.05, 3.63) is 64.2 Å². The zero-order chi connectivity index (χ0) is 14.0. The van der Waals surface area contributed by atoms with Crippen molar-refractivity contribution in [1.29, 1.82) is 0 Å². The van der Waals surface area contributed by atoms with Gasteiger partial charge in [0.1, 0.15) is 5.82 Å². The van der Waals surface area contributed by atoms with Crippen LogP contribution in [0, 0.1) is 23.3 Å². The molecule has 0 saturated heterocycles. The van der Waals surface area contributed by atoms with Crippen LogP contribution in [0.1, 0.15) is 5.56 Å². The van der Waals surface area contributed by atoms with Crippen molar-refractivity contribution in [2.45, 2.75) is 6.54 Å². The lowest BCUT2D eigenvalue weighted by Crippen LogP contribution is -2.04. The first-order valence-corrected chi connectivity index (χ1v) is 5.68. The summed E-state index contributed by atoms with van der Waals surface area (Å²) in [7, 11) is 0. The Balaban J connectivity index is 2.17. The van der Waals surface area contributed by atoms with Gasteiger partial charge in [-0.3, -0.25) is 0 Å². The maximum absolute atomic E-state index is 13.4. The van der Waals surface area contributed by atoms with E-state index < -0.39 is 23.3 Å². The summed E-state index contributed by atoms with van der Waals surface area (Å²) < 4.78 is 51.9. The fourth-order valence-electron chi connectivity index (χ4n) is 1.52. The molecule has 1 N–H and O–H groups in total. The van der Waals surface area contributed by atoms with Crippen molar-refractivity contribution in [2.75, 3.05) is 5.32 Å². The average molecular weight is 290 g/mol. The molecule has 0 atom stereocenters. The second-order valence-electron chi connectivity index (χ2n) is 3.81.